The molecule has 0 heterocycles. The molecule has 1 unspecified atom stereocenters. The van der Waals surface area contributed by atoms with E-state index in [0.717, 1.165) is 79.6 Å². The number of ketones is 1. The van der Waals surface area contributed by atoms with E-state index in [4.69, 9.17) is 12.8 Å². The Morgan fingerprint density at radius 2 is 1.16 bits per heavy atom. The molecule has 0 saturated heterocycles. The Morgan fingerprint density at radius 1 is 0.705 bits per heavy atom. The number of carbonyl (C=O) groups excluding carboxylic acids is 1. The van der Waals surface area contributed by atoms with Crippen LogP contribution in [-0.2, 0) is 18.4 Å². The van der Waals surface area contributed by atoms with Crippen molar-refractivity contribution in [3.05, 3.63) is 112 Å². The van der Waals surface area contributed by atoms with E-state index in [-0.39, 0.29) is 45.8 Å². The first-order valence-corrected chi connectivity index (χ1v) is 13.9. The molecule has 0 fully saturated rings. The second-order valence-corrected chi connectivity index (χ2v) is 11.1. The van der Waals surface area contributed by atoms with Crippen LogP contribution in [0, 0.1) is 52.9 Å². The van der Waals surface area contributed by atoms with Gasteiger partial charge in [0.05, 0.1) is 0 Å². The standard InChI is InChI=1S/C19H18O2.C17H16O2.C2H.BrH.Mg/c1-4-19(21)8-7-15-11-14(5-6-17(15)19)16-9-12(2)18(20)13(3)10-16;1-10-7-14(8-11(2)17(10)19)12-3-5-15-13(9-12)4-6-16(15)18;1-2;;/h1,5-6,9-11,20-21H,7-8H2,2-3H3;3,5,7-9,19H,4,6H2,1-2H3;1H;1H;/q;;-1;;+2/p-1. The minimum atomic E-state index is -1.12. The maximum atomic E-state index is 11.6. The molecule has 0 radical (unpaired) electrons. The Kier molecular flexibility index (Phi) is 12.5. The van der Waals surface area contributed by atoms with Crippen molar-refractivity contribution in [1.29, 1.82) is 0 Å². The number of carbonyl (C=O) groups is 1. The van der Waals surface area contributed by atoms with Gasteiger partial charge in [0.15, 0.2) is 11.4 Å². The molecule has 4 nitrogen and oxygen atoms in total. The largest absolute Gasteiger partial charge is 2.00 e. The minimum Gasteiger partial charge on any atom is -1.00 e. The molecule has 6 heteroatoms. The number of aryl methyl sites for hydroxylation is 6. The van der Waals surface area contributed by atoms with Crippen molar-refractivity contribution in [1.82, 2.24) is 0 Å². The maximum Gasteiger partial charge on any atom is 2.00 e. The van der Waals surface area contributed by atoms with Crippen molar-refractivity contribution in [3.8, 4) is 52.5 Å². The van der Waals surface area contributed by atoms with Crippen LogP contribution in [0.1, 0.15) is 62.1 Å². The zero-order valence-electron chi connectivity index (χ0n) is 25.6. The fourth-order valence-electron chi connectivity index (χ4n) is 5.86. The Morgan fingerprint density at radius 3 is 1.64 bits per heavy atom. The van der Waals surface area contributed by atoms with Crippen molar-refractivity contribution < 1.29 is 37.1 Å². The van der Waals surface area contributed by atoms with Crippen molar-refractivity contribution in [2.24, 2.45) is 0 Å². The van der Waals surface area contributed by atoms with Crippen LogP contribution in [0.2, 0.25) is 0 Å². The summed E-state index contributed by atoms with van der Waals surface area (Å²) >= 11 is 0. The third-order valence-electron chi connectivity index (χ3n) is 8.22. The SMILES string of the molecule is C#CC1(O)CCc2cc(-c3cc(C)c(O)c(C)c3)ccc21.Cc1cc(-c2ccc3c(c2)CCC3=O)cc(C)c1O.[Br-].[C-]#C.[Mg+2]. The summed E-state index contributed by atoms with van der Waals surface area (Å²) in [5.74, 6) is 3.46. The number of phenolic OH excluding ortho intramolecular Hbond substituents is 2. The number of aliphatic hydroxyl groups is 1. The van der Waals surface area contributed by atoms with Gasteiger partial charge < -0.3 is 45.1 Å². The van der Waals surface area contributed by atoms with Gasteiger partial charge in [0.25, 0.3) is 0 Å². The summed E-state index contributed by atoms with van der Waals surface area (Å²) in [7, 11) is 0. The van der Waals surface area contributed by atoms with E-state index in [1.807, 2.05) is 76.2 Å². The Hall–Kier alpha value is -3.52. The van der Waals surface area contributed by atoms with Gasteiger partial charge in [0, 0.05) is 12.0 Å². The first-order chi connectivity index (χ1) is 20.0. The Labute approximate surface area is 287 Å². The normalized spacial score (nSPS) is 15.5. The zero-order chi connectivity index (χ0) is 30.8. The molecule has 0 saturated carbocycles. The molecule has 0 aliphatic heterocycles. The average Bonchev–Trinajstić information content (AvgIpc) is 3.54. The van der Waals surface area contributed by atoms with Crippen LogP contribution in [0.3, 0.4) is 0 Å². The fraction of sp³-hybridized carbons (Fsp3) is 0.237. The number of benzene rings is 4. The first-order valence-electron chi connectivity index (χ1n) is 13.9. The van der Waals surface area contributed by atoms with E-state index in [1.54, 1.807) is 0 Å². The number of halogens is 1. The van der Waals surface area contributed by atoms with Gasteiger partial charge in [-0.1, -0.05) is 42.3 Å². The van der Waals surface area contributed by atoms with Gasteiger partial charge >= 0.3 is 23.1 Å². The van der Waals surface area contributed by atoms with Crippen LogP contribution in [0.5, 0.6) is 11.5 Å². The predicted molar refractivity (Wildman–Crippen MR) is 174 cm³/mol. The van der Waals surface area contributed by atoms with Crippen molar-refractivity contribution in [3.63, 3.8) is 0 Å². The third kappa shape index (κ3) is 7.23. The van der Waals surface area contributed by atoms with Gasteiger partial charge in [-0.05, 0) is 132 Å². The molecule has 0 amide bonds. The molecule has 0 spiro atoms. The summed E-state index contributed by atoms with van der Waals surface area (Å²) in [4.78, 5) is 11.6. The molecule has 0 bridgehead atoms. The number of rotatable bonds is 2. The number of hydrogen-bond donors (Lipinski definition) is 3. The quantitative estimate of drug-likeness (QED) is 0.172. The summed E-state index contributed by atoms with van der Waals surface area (Å²) in [6.07, 6.45) is 17.3. The van der Waals surface area contributed by atoms with Crippen LogP contribution >= 0.6 is 0 Å². The van der Waals surface area contributed by atoms with Crippen LogP contribution in [0.4, 0.5) is 0 Å². The van der Waals surface area contributed by atoms with E-state index < -0.39 is 5.60 Å². The van der Waals surface area contributed by atoms with E-state index >= 15 is 0 Å². The van der Waals surface area contributed by atoms with E-state index in [9.17, 15) is 20.1 Å². The number of Topliss-reactive ketones (excluding diaryl/α,β-unsaturated/α-hetero) is 1. The number of hydrogen-bond acceptors (Lipinski definition) is 4. The van der Waals surface area contributed by atoms with Gasteiger partial charge in [-0.2, -0.15) is 0 Å². The number of aromatic hydroxyl groups is 2. The second kappa shape index (κ2) is 15.0. The Bertz CT molecular complexity index is 1720. The molecule has 44 heavy (non-hydrogen) atoms. The van der Waals surface area contributed by atoms with Gasteiger partial charge in [-0.3, -0.25) is 4.79 Å². The topological polar surface area (TPSA) is 77.8 Å². The number of phenols is 2. The summed E-state index contributed by atoms with van der Waals surface area (Å²) < 4.78 is 0. The number of terminal acetylenes is 2. The van der Waals surface area contributed by atoms with Crippen LogP contribution in [0.25, 0.3) is 22.3 Å². The molecule has 0 aromatic heterocycles. The summed E-state index contributed by atoms with van der Waals surface area (Å²) in [6.45, 7) is 7.61. The first kappa shape index (κ1) is 36.7. The van der Waals surface area contributed by atoms with Crippen molar-refractivity contribution in [2.75, 3.05) is 0 Å². The maximum absolute atomic E-state index is 11.6. The smallest absolute Gasteiger partial charge is 1.00 e. The van der Waals surface area contributed by atoms with Gasteiger partial charge in [-0.15, -0.1) is 6.42 Å². The van der Waals surface area contributed by atoms with E-state index in [2.05, 4.69) is 24.5 Å². The summed E-state index contributed by atoms with van der Waals surface area (Å²) in [5.41, 5.74) is 10.7. The van der Waals surface area contributed by atoms with Crippen molar-refractivity contribution >= 4 is 28.8 Å². The van der Waals surface area contributed by atoms with Crippen LogP contribution in [0.15, 0.2) is 60.7 Å². The van der Waals surface area contributed by atoms with Crippen LogP contribution in [-0.4, -0.2) is 44.2 Å². The molecule has 2 aliphatic carbocycles. The van der Waals surface area contributed by atoms with Crippen molar-refractivity contribution in [2.45, 2.75) is 59.0 Å². The fourth-order valence-corrected chi connectivity index (χ4v) is 5.86. The monoisotopic (exact) mass is 658 g/mol. The van der Waals surface area contributed by atoms with E-state index in [1.165, 1.54) is 0 Å². The van der Waals surface area contributed by atoms with Gasteiger partial charge in [0.2, 0.25) is 0 Å². The summed E-state index contributed by atoms with van der Waals surface area (Å²) in [5, 5.41) is 30.1. The predicted octanol–water partition coefficient (Wildman–Crippen LogP) is 4.08. The molecule has 6 rings (SSSR count). The molecule has 2 aliphatic rings. The average molecular weight is 660 g/mol. The third-order valence-corrected chi connectivity index (χ3v) is 8.22. The number of fused-ring (bicyclic) bond motifs is 2. The molecule has 220 valence electrons. The van der Waals surface area contributed by atoms with Gasteiger partial charge in [0.1, 0.15) is 11.5 Å². The molecular weight excluding hydrogens is 625 g/mol. The second-order valence-electron chi connectivity index (χ2n) is 11.1. The molecule has 1 atom stereocenters. The molecule has 4 aromatic rings. The zero-order valence-corrected chi connectivity index (χ0v) is 28.6. The molecule has 4 aromatic carbocycles. The van der Waals surface area contributed by atoms with Gasteiger partial charge in [-0.25, -0.2) is 0 Å². The molecule has 3 N–H and O–H groups in total. The molecular formula is C38H35BrMgO4. The minimum absolute atomic E-state index is 0. The summed E-state index contributed by atoms with van der Waals surface area (Å²) in [6, 6.07) is 20.0. The Balaban J connectivity index is 0.000000280. The van der Waals surface area contributed by atoms with Crippen LogP contribution < -0.4 is 17.0 Å². The van der Waals surface area contributed by atoms with E-state index in [0.29, 0.717) is 24.3 Å².